The predicted molar refractivity (Wildman–Crippen MR) is 60.1 cm³/mol. The van der Waals surface area contributed by atoms with E-state index >= 15 is 0 Å². The summed E-state index contributed by atoms with van der Waals surface area (Å²) >= 11 is 0. The highest BCUT2D eigenvalue weighted by Crippen LogP contribution is 2.22. The molecular weight excluding hydrogens is 168 g/mol. The van der Waals surface area contributed by atoms with Gasteiger partial charge in [-0.25, -0.2) is 0 Å². The van der Waals surface area contributed by atoms with Crippen LogP contribution in [0.2, 0.25) is 0 Å². The van der Waals surface area contributed by atoms with E-state index in [0.717, 1.165) is 0 Å². The number of benzene rings is 2. The van der Waals surface area contributed by atoms with Crippen molar-refractivity contribution in [2.45, 2.75) is 5.92 Å². The molecule has 0 heteroatoms. The zero-order valence-electron chi connectivity index (χ0n) is 8.06. The Morgan fingerprint density at radius 3 is 1.36 bits per heavy atom. The first-order valence-corrected chi connectivity index (χ1v) is 4.81. The first-order valence-electron chi connectivity index (χ1n) is 4.81. The van der Waals surface area contributed by atoms with Crippen LogP contribution in [0.5, 0.6) is 0 Å². The Labute approximate surface area is 85.2 Å². The minimum atomic E-state index is 0.234. The maximum absolute atomic E-state index is 4.18. The second kappa shape index (κ2) is 4.10. The van der Waals surface area contributed by atoms with E-state index in [4.69, 9.17) is 0 Å². The van der Waals surface area contributed by atoms with Gasteiger partial charge in [-0.05, 0) is 0 Å². The fourth-order valence-electron chi connectivity index (χ4n) is 1.56. The van der Waals surface area contributed by atoms with Crippen molar-refractivity contribution < 1.29 is 0 Å². The average molecular weight is 181 g/mol. The van der Waals surface area contributed by atoms with E-state index in [1.807, 2.05) is 12.1 Å². The van der Waals surface area contributed by atoms with E-state index in [2.05, 4.69) is 55.5 Å². The minimum Gasteiger partial charge on any atom is -0.332 e. The van der Waals surface area contributed by atoms with Crippen molar-refractivity contribution >= 4 is 0 Å². The molecule has 0 amide bonds. The lowest BCUT2D eigenvalue weighted by Crippen LogP contribution is -1.94. The first kappa shape index (κ1) is 9.01. The molecule has 0 fully saturated rings. The highest BCUT2D eigenvalue weighted by Gasteiger charge is 1.99. The molecule has 0 aliphatic rings. The number of rotatable bonds is 2. The second-order valence-electron chi connectivity index (χ2n) is 3.37. The van der Waals surface area contributed by atoms with Crippen LogP contribution in [0.4, 0.5) is 0 Å². The molecule has 70 valence electrons. The van der Waals surface area contributed by atoms with Crippen LogP contribution in [-0.4, -0.2) is 0 Å². The van der Waals surface area contributed by atoms with Gasteiger partial charge in [0.1, 0.15) is 0 Å². The molecule has 0 N–H and O–H groups in total. The van der Waals surface area contributed by atoms with Crippen LogP contribution in [0.15, 0.2) is 60.7 Å². The highest BCUT2D eigenvalue weighted by atomic mass is 14.1. The summed E-state index contributed by atoms with van der Waals surface area (Å²) in [6.07, 6.45) is 0. The van der Waals surface area contributed by atoms with Gasteiger partial charge in [-0.15, -0.1) is 5.92 Å². The van der Waals surface area contributed by atoms with Gasteiger partial charge in [-0.3, -0.25) is 0 Å². The Morgan fingerprint density at radius 1 is 0.643 bits per heavy atom. The van der Waals surface area contributed by atoms with Gasteiger partial charge in [0.15, 0.2) is 0 Å². The Balaban J connectivity index is 2.30. The standard InChI is InChI=1S/C14H13/c1-12(13-8-4-2-5-9-13)14-10-6-3-7-11-14/h2-12H,1H2/q-1. The molecule has 2 rings (SSSR count). The smallest absolute Gasteiger partial charge is 0.0611 e. The Hall–Kier alpha value is -1.56. The summed E-state index contributed by atoms with van der Waals surface area (Å²) in [7, 11) is 0. The predicted octanol–water partition coefficient (Wildman–Crippen LogP) is 3.65. The maximum Gasteiger partial charge on any atom is -0.0611 e. The van der Waals surface area contributed by atoms with Crippen molar-refractivity contribution in [3.05, 3.63) is 78.7 Å². The number of hydrogen-bond acceptors (Lipinski definition) is 0. The fourth-order valence-corrected chi connectivity index (χ4v) is 1.56. The van der Waals surface area contributed by atoms with Crippen molar-refractivity contribution in [1.82, 2.24) is 0 Å². The van der Waals surface area contributed by atoms with Crippen LogP contribution in [0.25, 0.3) is 0 Å². The molecule has 2 aromatic rings. The van der Waals surface area contributed by atoms with Gasteiger partial charge in [-0.2, -0.15) is 0 Å². The lowest BCUT2D eigenvalue weighted by atomic mass is 9.93. The molecule has 0 saturated heterocycles. The molecule has 0 nitrogen and oxygen atoms in total. The second-order valence-corrected chi connectivity index (χ2v) is 3.37. The molecule has 0 bridgehead atoms. The van der Waals surface area contributed by atoms with Gasteiger partial charge in [0.25, 0.3) is 0 Å². The Bertz CT molecular complexity index is 336. The van der Waals surface area contributed by atoms with Gasteiger partial charge >= 0.3 is 0 Å². The van der Waals surface area contributed by atoms with Crippen molar-refractivity contribution in [1.29, 1.82) is 0 Å². The molecular formula is C14H13-. The Morgan fingerprint density at radius 2 is 1.00 bits per heavy atom. The van der Waals surface area contributed by atoms with Crippen molar-refractivity contribution in [2.75, 3.05) is 0 Å². The molecule has 0 saturated carbocycles. The lowest BCUT2D eigenvalue weighted by molar-refractivity contribution is 1.02. The zero-order valence-corrected chi connectivity index (χ0v) is 8.06. The molecule has 0 heterocycles. The van der Waals surface area contributed by atoms with Gasteiger partial charge < -0.3 is 6.92 Å². The molecule has 2 aromatic carbocycles. The summed E-state index contributed by atoms with van der Waals surface area (Å²) in [5.74, 6) is 0.234. The normalized spacial score (nSPS) is 10.4. The fraction of sp³-hybridized carbons (Fsp3) is 0.0714. The van der Waals surface area contributed by atoms with E-state index in [0.29, 0.717) is 0 Å². The third-order valence-electron chi connectivity index (χ3n) is 2.40. The summed E-state index contributed by atoms with van der Waals surface area (Å²) in [5.41, 5.74) is 2.53. The van der Waals surface area contributed by atoms with E-state index in [1.54, 1.807) is 0 Å². The summed E-state index contributed by atoms with van der Waals surface area (Å²) in [6.45, 7) is 4.18. The van der Waals surface area contributed by atoms with Crippen LogP contribution >= 0.6 is 0 Å². The molecule has 14 heavy (non-hydrogen) atoms. The van der Waals surface area contributed by atoms with E-state index < -0.39 is 0 Å². The van der Waals surface area contributed by atoms with E-state index in [-0.39, 0.29) is 5.92 Å². The molecule has 0 spiro atoms. The molecule has 0 atom stereocenters. The quantitative estimate of drug-likeness (QED) is 0.620. The van der Waals surface area contributed by atoms with E-state index in [1.165, 1.54) is 11.1 Å². The first-order chi connectivity index (χ1) is 6.88. The van der Waals surface area contributed by atoms with Crippen LogP contribution in [0.1, 0.15) is 17.0 Å². The monoisotopic (exact) mass is 181 g/mol. The average Bonchev–Trinajstić information content (AvgIpc) is 2.30. The van der Waals surface area contributed by atoms with Crippen LogP contribution in [0.3, 0.4) is 0 Å². The summed E-state index contributed by atoms with van der Waals surface area (Å²) in [5, 5.41) is 0. The lowest BCUT2D eigenvalue weighted by Gasteiger charge is -2.18. The van der Waals surface area contributed by atoms with Crippen molar-refractivity contribution in [3.8, 4) is 0 Å². The summed E-state index contributed by atoms with van der Waals surface area (Å²) in [6, 6.07) is 20.7. The minimum absolute atomic E-state index is 0.234. The molecule has 0 aliphatic carbocycles. The van der Waals surface area contributed by atoms with Gasteiger partial charge in [0, 0.05) is 0 Å². The van der Waals surface area contributed by atoms with Crippen LogP contribution < -0.4 is 0 Å². The van der Waals surface area contributed by atoms with Gasteiger partial charge in [0.05, 0.1) is 0 Å². The van der Waals surface area contributed by atoms with Crippen molar-refractivity contribution in [2.24, 2.45) is 0 Å². The van der Waals surface area contributed by atoms with Gasteiger partial charge in [-0.1, -0.05) is 71.8 Å². The van der Waals surface area contributed by atoms with Crippen LogP contribution in [-0.2, 0) is 0 Å². The molecule has 0 aliphatic heterocycles. The largest absolute Gasteiger partial charge is 0.332 e. The molecule has 0 radical (unpaired) electrons. The topological polar surface area (TPSA) is 0 Å². The van der Waals surface area contributed by atoms with Crippen LogP contribution in [0, 0.1) is 6.92 Å². The highest BCUT2D eigenvalue weighted by molar-refractivity contribution is 5.33. The molecule has 0 unspecified atom stereocenters. The maximum atomic E-state index is 4.18. The molecule has 0 aromatic heterocycles. The summed E-state index contributed by atoms with van der Waals surface area (Å²) in [4.78, 5) is 0. The zero-order chi connectivity index (χ0) is 9.80. The van der Waals surface area contributed by atoms with E-state index in [9.17, 15) is 0 Å². The summed E-state index contributed by atoms with van der Waals surface area (Å²) < 4.78 is 0. The van der Waals surface area contributed by atoms with Crippen molar-refractivity contribution in [3.63, 3.8) is 0 Å². The third kappa shape index (κ3) is 1.85. The SMILES string of the molecule is [CH2-]C(c1ccccc1)c1ccccc1. The van der Waals surface area contributed by atoms with Gasteiger partial charge in [0.2, 0.25) is 0 Å². The third-order valence-corrected chi connectivity index (χ3v) is 2.40. The number of hydrogen-bond donors (Lipinski definition) is 0. The Kier molecular flexibility index (Phi) is 2.64.